The molecule has 70 valence electrons. The predicted octanol–water partition coefficient (Wildman–Crippen LogP) is 1.67. The van der Waals surface area contributed by atoms with Crippen molar-refractivity contribution in [2.75, 3.05) is 6.61 Å². The summed E-state index contributed by atoms with van der Waals surface area (Å²) in [6.07, 6.45) is 1.52. The zero-order valence-electron chi connectivity index (χ0n) is 7.89. The molecule has 0 aromatic heterocycles. The summed E-state index contributed by atoms with van der Waals surface area (Å²) in [6, 6.07) is 0. The number of hydrogen-bond acceptors (Lipinski definition) is 2. The lowest BCUT2D eigenvalue weighted by Crippen LogP contribution is -2.28. The van der Waals surface area contributed by atoms with Gasteiger partial charge in [0, 0.05) is 0 Å². The van der Waals surface area contributed by atoms with Crippen LogP contribution in [0, 0.1) is 5.41 Å². The summed E-state index contributed by atoms with van der Waals surface area (Å²) >= 11 is 0. The van der Waals surface area contributed by atoms with Gasteiger partial charge in [0.1, 0.15) is 0 Å². The van der Waals surface area contributed by atoms with Gasteiger partial charge in [-0.1, -0.05) is 0 Å². The molecule has 0 heterocycles. The third-order valence-electron chi connectivity index (χ3n) is 2.09. The quantitative estimate of drug-likeness (QED) is 0.704. The number of ether oxygens (including phenoxy) is 1. The molecule has 0 radical (unpaired) electrons. The second-order valence-corrected chi connectivity index (χ2v) is 4.49. The number of carboxylic acids is 1. The van der Waals surface area contributed by atoms with Crippen LogP contribution in [0.15, 0.2) is 0 Å². The molecule has 0 spiro atoms. The molecule has 3 nitrogen and oxygen atoms in total. The Morgan fingerprint density at radius 2 is 2.00 bits per heavy atom. The Morgan fingerprint density at radius 1 is 1.50 bits per heavy atom. The van der Waals surface area contributed by atoms with E-state index in [4.69, 9.17) is 9.84 Å². The predicted molar refractivity (Wildman–Crippen MR) is 45.0 cm³/mol. The molecule has 0 unspecified atom stereocenters. The molecule has 0 aliphatic heterocycles. The Hall–Kier alpha value is -0.570. The lowest BCUT2D eigenvalue weighted by molar-refractivity contribution is -0.148. The molecule has 0 bridgehead atoms. The van der Waals surface area contributed by atoms with Crippen molar-refractivity contribution in [2.24, 2.45) is 5.41 Å². The van der Waals surface area contributed by atoms with Crippen LogP contribution in [0.4, 0.5) is 0 Å². The fraction of sp³-hybridized carbons (Fsp3) is 0.889. The molecule has 0 atom stereocenters. The van der Waals surface area contributed by atoms with Crippen molar-refractivity contribution in [3.05, 3.63) is 0 Å². The number of rotatable bonds is 3. The van der Waals surface area contributed by atoms with E-state index in [0.717, 1.165) is 12.8 Å². The molecule has 0 aromatic rings. The third-order valence-corrected chi connectivity index (χ3v) is 2.09. The van der Waals surface area contributed by atoms with E-state index in [1.54, 1.807) is 0 Å². The smallest absolute Gasteiger partial charge is 0.311 e. The minimum absolute atomic E-state index is 0.231. The van der Waals surface area contributed by atoms with Crippen LogP contribution in [0.25, 0.3) is 0 Å². The first-order valence-corrected chi connectivity index (χ1v) is 4.23. The van der Waals surface area contributed by atoms with E-state index in [-0.39, 0.29) is 5.60 Å². The van der Waals surface area contributed by atoms with Crippen LogP contribution in [0.2, 0.25) is 0 Å². The van der Waals surface area contributed by atoms with Crippen molar-refractivity contribution >= 4 is 5.97 Å². The summed E-state index contributed by atoms with van der Waals surface area (Å²) in [4.78, 5) is 10.7. The first kappa shape index (κ1) is 9.52. The van der Waals surface area contributed by atoms with Crippen LogP contribution in [-0.4, -0.2) is 23.3 Å². The fourth-order valence-corrected chi connectivity index (χ4v) is 0.925. The highest BCUT2D eigenvalue weighted by molar-refractivity contribution is 5.77. The van der Waals surface area contributed by atoms with Crippen molar-refractivity contribution in [3.8, 4) is 0 Å². The van der Waals surface area contributed by atoms with Gasteiger partial charge in [-0.2, -0.15) is 0 Å². The molecule has 1 N–H and O–H groups in total. The summed E-state index contributed by atoms with van der Waals surface area (Å²) in [5.74, 6) is -0.716. The highest BCUT2D eigenvalue weighted by atomic mass is 16.5. The fourth-order valence-electron chi connectivity index (χ4n) is 0.925. The van der Waals surface area contributed by atoms with Gasteiger partial charge in [0.15, 0.2) is 0 Å². The van der Waals surface area contributed by atoms with Gasteiger partial charge >= 0.3 is 5.97 Å². The second kappa shape index (κ2) is 2.73. The van der Waals surface area contributed by atoms with Crippen LogP contribution in [0.5, 0.6) is 0 Å². The van der Waals surface area contributed by atoms with Gasteiger partial charge in [-0.25, -0.2) is 0 Å². The monoisotopic (exact) mass is 172 g/mol. The van der Waals surface area contributed by atoms with Crippen LogP contribution >= 0.6 is 0 Å². The summed E-state index contributed by atoms with van der Waals surface area (Å²) in [6.45, 7) is 6.16. The maximum absolute atomic E-state index is 10.7. The first-order chi connectivity index (χ1) is 5.36. The molecule has 3 heteroatoms. The number of hydrogen-bond donors (Lipinski definition) is 1. The van der Waals surface area contributed by atoms with Gasteiger partial charge < -0.3 is 9.84 Å². The van der Waals surface area contributed by atoms with Crippen molar-refractivity contribution in [1.82, 2.24) is 0 Å². The minimum Gasteiger partial charge on any atom is -0.481 e. The molecule has 1 aliphatic rings. The SMILES string of the molecule is CC(C)(C)OCC1(C(=O)O)CC1. The Bertz CT molecular complexity index is 186. The number of aliphatic carboxylic acids is 1. The van der Waals surface area contributed by atoms with E-state index in [0.29, 0.717) is 6.61 Å². The molecule has 1 rings (SSSR count). The highest BCUT2D eigenvalue weighted by Crippen LogP contribution is 2.46. The zero-order valence-corrected chi connectivity index (χ0v) is 7.89. The van der Waals surface area contributed by atoms with Gasteiger partial charge in [-0.05, 0) is 33.6 Å². The van der Waals surface area contributed by atoms with E-state index in [1.165, 1.54) is 0 Å². The Labute approximate surface area is 72.7 Å². The number of carbonyl (C=O) groups is 1. The van der Waals surface area contributed by atoms with E-state index in [1.807, 2.05) is 20.8 Å². The summed E-state index contributed by atoms with van der Waals surface area (Å²) in [7, 11) is 0. The maximum atomic E-state index is 10.7. The molecular formula is C9H16O3. The average Bonchev–Trinajstić information content (AvgIpc) is 2.61. The van der Waals surface area contributed by atoms with Crippen LogP contribution in [0.1, 0.15) is 33.6 Å². The minimum atomic E-state index is -0.716. The normalized spacial score (nSPS) is 20.6. The highest BCUT2D eigenvalue weighted by Gasteiger charge is 2.51. The lowest BCUT2D eigenvalue weighted by atomic mass is 10.1. The molecule has 1 saturated carbocycles. The molecule has 0 amide bonds. The van der Waals surface area contributed by atoms with Crippen molar-refractivity contribution in [1.29, 1.82) is 0 Å². The van der Waals surface area contributed by atoms with Gasteiger partial charge in [0.05, 0.1) is 17.6 Å². The van der Waals surface area contributed by atoms with Gasteiger partial charge in [0.25, 0.3) is 0 Å². The second-order valence-electron chi connectivity index (χ2n) is 4.49. The Morgan fingerprint density at radius 3 is 2.25 bits per heavy atom. The van der Waals surface area contributed by atoms with Gasteiger partial charge in [-0.15, -0.1) is 0 Å². The molecular weight excluding hydrogens is 156 g/mol. The number of carboxylic acid groups (broad SMARTS) is 1. The molecule has 0 aromatic carbocycles. The van der Waals surface area contributed by atoms with Gasteiger partial charge in [-0.3, -0.25) is 4.79 Å². The standard InChI is InChI=1S/C9H16O3/c1-8(2,3)12-6-9(4-5-9)7(10)11/h4-6H2,1-3H3,(H,10,11). The summed E-state index contributed by atoms with van der Waals surface area (Å²) in [5, 5.41) is 8.82. The summed E-state index contributed by atoms with van der Waals surface area (Å²) < 4.78 is 5.44. The van der Waals surface area contributed by atoms with Crippen molar-refractivity contribution in [3.63, 3.8) is 0 Å². The van der Waals surface area contributed by atoms with E-state index in [2.05, 4.69) is 0 Å². The van der Waals surface area contributed by atoms with Crippen molar-refractivity contribution in [2.45, 2.75) is 39.2 Å². The lowest BCUT2D eigenvalue weighted by Gasteiger charge is -2.22. The van der Waals surface area contributed by atoms with E-state index in [9.17, 15) is 4.79 Å². The molecule has 12 heavy (non-hydrogen) atoms. The molecule has 1 aliphatic carbocycles. The van der Waals surface area contributed by atoms with Gasteiger partial charge in [0.2, 0.25) is 0 Å². The first-order valence-electron chi connectivity index (χ1n) is 4.23. The average molecular weight is 172 g/mol. The van der Waals surface area contributed by atoms with Crippen LogP contribution in [0.3, 0.4) is 0 Å². The van der Waals surface area contributed by atoms with E-state index >= 15 is 0 Å². The third kappa shape index (κ3) is 2.21. The molecule has 1 fully saturated rings. The van der Waals surface area contributed by atoms with Crippen LogP contribution in [-0.2, 0) is 9.53 Å². The van der Waals surface area contributed by atoms with Crippen molar-refractivity contribution < 1.29 is 14.6 Å². The zero-order chi connectivity index (χ0) is 9.41. The van der Waals surface area contributed by atoms with Crippen LogP contribution < -0.4 is 0 Å². The largest absolute Gasteiger partial charge is 0.481 e. The topological polar surface area (TPSA) is 46.5 Å². The Kier molecular flexibility index (Phi) is 2.17. The Balaban J connectivity index is 2.37. The molecule has 0 saturated heterocycles. The van der Waals surface area contributed by atoms with E-state index < -0.39 is 11.4 Å². The summed E-state index contributed by atoms with van der Waals surface area (Å²) in [5.41, 5.74) is -0.779. The maximum Gasteiger partial charge on any atom is 0.311 e.